The lowest BCUT2D eigenvalue weighted by Gasteiger charge is -2.27. The normalized spacial score (nSPS) is 15.7. The zero-order chi connectivity index (χ0) is 23.4. The molecule has 2 heterocycles. The van der Waals surface area contributed by atoms with Gasteiger partial charge in [-0.15, -0.1) is 0 Å². The van der Waals surface area contributed by atoms with Gasteiger partial charge in [0.05, 0.1) is 18.2 Å². The van der Waals surface area contributed by atoms with Crippen molar-refractivity contribution < 1.29 is 18.7 Å². The van der Waals surface area contributed by atoms with Gasteiger partial charge in [0.25, 0.3) is 0 Å². The molecule has 174 valence electrons. The summed E-state index contributed by atoms with van der Waals surface area (Å²) >= 11 is 0. The number of carbonyl (C=O) groups excluding carboxylic acids is 1. The standard InChI is InChI=1S/C26H30FN3O3/c1-18(2)25(31)30(16-20-12-9-15-32-20)17-21-24(19-10-5-4-6-11-19)28-29(3)26(21)33-23-14-8-7-13-22(23)27/h4-8,10-11,13-14,18,20H,9,12,15-17H2,1-3H3/t20-/m0/s1. The van der Waals surface area contributed by atoms with Crippen LogP contribution >= 0.6 is 0 Å². The highest BCUT2D eigenvalue weighted by molar-refractivity contribution is 5.78. The van der Waals surface area contributed by atoms with Gasteiger partial charge < -0.3 is 14.4 Å². The first kappa shape index (κ1) is 23.0. The molecule has 0 aliphatic carbocycles. The minimum Gasteiger partial charge on any atom is -0.436 e. The van der Waals surface area contributed by atoms with Crippen LogP contribution in [0.3, 0.4) is 0 Å². The lowest BCUT2D eigenvalue weighted by atomic mass is 10.1. The van der Waals surface area contributed by atoms with Crippen molar-refractivity contribution in [3.05, 3.63) is 66.0 Å². The molecule has 1 aliphatic heterocycles. The number of rotatable bonds is 8. The van der Waals surface area contributed by atoms with E-state index in [1.165, 1.54) is 6.07 Å². The molecule has 33 heavy (non-hydrogen) atoms. The van der Waals surface area contributed by atoms with Gasteiger partial charge in [0, 0.05) is 31.7 Å². The number of aryl methyl sites for hydroxylation is 1. The second kappa shape index (κ2) is 10.2. The summed E-state index contributed by atoms with van der Waals surface area (Å²) in [4.78, 5) is 15.0. The van der Waals surface area contributed by atoms with Crippen molar-refractivity contribution in [3.8, 4) is 22.9 Å². The summed E-state index contributed by atoms with van der Waals surface area (Å²) in [5.74, 6) is -0.0696. The molecule has 1 atom stereocenters. The van der Waals surface area contributed by atoms with Crippen molar-refractivity contribution >= 4 is 5.91 Å². The van der Waals surface area contributed by atoms with Crippen LogP contribution < -0.4 is 4.74 Å². The van der Waals surface area contributed by atoms with E-state index in [0.29, 0.717) is 24.7 Å². The van der Waals surface area contributed by atoms with Crippen molar-refractivity contribution in [3.63, 3.8) is 0 Å². The third-order valence-corrected chi connectivity index (χ3v) is 5.78. The van der Waals surface area contributed by atoms with Crippen LogP contribution in [0.5, 0.6) is 11.6 Å². The number of hydrogen-bond donors (Lipinski definition) is 0. The second-order valence-corrected chi connectivity index (χ2v) is 8.66. The molecule has 0 saturated carbocycles. The van der Waals surface area contributed by atoms with Crippen molar-refractivity contribution in [2.45, 2.75) is 39.3 Å². The fourth-order valence-corrected chi connectivity index (χ4v) is 4.10. The highest BCUT2D eigenvalue weighted by atomic mass is 19.1. The van der Waals surface area contributed by atoms with Gasteiger partial charge in [-0.1, -0.05) is 56.3 Å². The molecule has 0 bridgehead atoms. The van der Waals surface area contributed by atoms with Crippen LogP contribution in [0.2, 0.25) is 0 Å². The molecule has 1 aliphatic rings. The third kappa shape index (κ3) is 5.25. The lowest BCUT2D eigenvalue weighted by Crippen LogP contribution is -2.39. The topological polar surface area (TPSA) is 56.6 Å². The molecule has 6 nitrogen and oxygen atoms in total. The van der Waals surface area contributed by atoms with Crippen LogP contribution in [0, 0.1) is 11.7 Å². The Hall–Kier alpha value is -3.19. The Bertz CT molecular complexity index is 1090. The maximum absolute atomic E-state index is 14.4. The van der Waals surface area contributed by atoms with Crippen LogP contribution in [0.4, 0.5) is 4.39 Å². The fourth-order valence-electron chi connectivity index (χ4n) is 4.10. The van der Waals surface area contributed by atoms with E-state index < -0.39 is 5.82 Å². The molecular formula is C26H30FN3O3. The number of para-hydroxylation sites is 1. The summed E-state index contributed by atoms with van der Waals surface area (Å²) < 4.78 is 27.9. The SMILES string of the molecule is CC(C)C(=O)N(Cc1c(-c2ccccc2)nn(C)c1Oc1ccccc1F)C[C@@H]1CCCO1. The van der Waals surface area contributed by atoms with E-state index in [2.05, 4.69) is 0 Å². The van der Waals surface area contributed by atoms with Crippen LogP contribution in [0.1, 0.15) is 32.3 Å². The molecule has 3 aromatic rings. The average molecular weight is 452 g/mol. The molecule has 0 N–H and O–H groups in total. The number of carbonyl (C=O) groups is 1. The van der Waals surface area contributed by atoms with Gasteiger partial charge >= 0.3 is 0 Å². The largest absolute Gasteiger partial charge is 0.436 e. The number of benzene rings is 2. The van der Waals surface area contributed by atoms with Crippen molar-refractivity contribution in [2.24, 2.45) is 13.0 Å². The second-order valence-electron chi connectivity index (χ2n) is 8.66. The Balaban J connectivity index is 1.75. The summed E-state index contributed by atoms with van der Waals surface area (Å²) in [6.07, 6.45) is 1.94. The van der Waals surface area contributed by atoms with E-state index in [4.69, 9.17) is 14.6 Å². The molecule has 1 aromatic heterocycles. The number of aromatic nitrogens is 2. The van der Waals surface area contributed by atoms with Crippen LogP contribution in [0.15, 0.2) is 54.6 Å². The summed E-state index contributed by atoms with van der Waals surface area (Å²) in [7, 11) is 1.76. The Morgan fingerprint density at radius 2 is 1.94 bits per heavy atom. The van der Waals surface area contributed by atoms with Crippen molar-refractivity contribution in [2.75, 3.05) is 13.2 Å². The first-order valence-electron chi connectivity index (χ1n) is 11.4. The number of ether oxygens (including phenoxy) is 2. The van der Waals surface area contributed by atoms with Gasteiger partial charge in [0.15, 0.2) is 11.6 Å². The lowest BCUT2D eigenvalue weighted by molar-refractivity contribution is -0.136. The minimum absolute atomic E-state index is 0.0143. The molecule has 7 heteroatoms. The van der Waals surface area contributed by atoms with Crippen LogP contribution in [-0.2, 0) is 23.1 Å². The number of nitrogens with zero attached hydrogens (tertiary/aromatic N) is 3. The zero-order valence-corrected chi connectivity index (χ0v) is 19.3. The van der Waals surface area contributed by atoms with Crippen molar-refractivity contribution in [1.82, 2.24) is 14.7 Å². The summed E-state index contributed by atoms with van der Waals surface area (Å²) in [5.41, 5.74) is 2.35. The zero-order valence-electron chi connectivity index (χ0n) is 19.3. The van der Waals surface area contributed by atoms with Gasteiger partial charge in [-0.05, 0) is 25.0 Å². The molecule has 1 fully saturated rings. The van der Waals surface area contributed by atoms with E-state index in [-0.39, 0.29) is 23.7 Å². The quantitative estimate of drug-likeness (QED) is 0.473. The Kier molecular flexibility index (Phi) is 7.08. The maximum atomic E-state index is 14.4. The summed E-state index contributed by atoms with van der Waals surface area (Å²) in [6.45, 7) is 5.29. The Labute approximate surface area is 193 Å². The van der Waals surface area contributed by atoms with Gasteiger partial charge in [-0.2, -0.15) is 5.10 Å². The predicted octanol–water partition coefficient (Wildman–Crippen LogP) is 5.18. The number of hydrogen-bond acceptors (Lipinski definition) is 4. The molecule has 1 amide bonds. The van der Waals surface area contributed by atoms with Gasteiger partial charge in [0.1, 0.15) is 5.69 Å². The molecule has 1 saturated heterocycles. The highest BCUT2D eigenvalue weighted by Crippen LogP contribution is 2.35. The number of halogens is 1. The molecule has 0 radical (unpaired) electrons. The van der Waals surface area contributed by atoms with E-state index in [1.54, 1.807) is 29.9 Å². The fraction of sp³-hybridized carbons (Fsp3) is 0.385. The minimum atomic E-state index is -0.458. The summed E-state index contributed by atoms with van der Waals surface area (Å²) in [6, 6.07) is 16.0. The van der Waals surface area contributed by atoms with E-state index in [0.717, 1.165) is 30.6 Å². The smallest absolute Gasteiger partial charge is 0.225 e. The molecule has 2 aromatic carbocycles. The first-order valence-corrected chi connectivity index (χ1v) is 11.4. The maximum Gasteiger partial charge on any atom is 0.225 e. The monoisotopic (exact) mass is 451 g/mol. The van der Waals surface area contributed by atoms with Crippen molar-refractivity contribution in [1.29, 1.82) is 0 Å². The molecule has 0 unspecified atom stereocenters. The first-order chi connectivity index (χ1) is 15.9. The van der Waals surface area contributed by atoms with E-state index >= 15 is 0 Å². The predicted molar refractivity (Wildman–Crippen MR) is 124 cm³/mol. The van der Waals surface area contributed by atoms with E-state index in [9.17, 15) is 9.18 Å². The Morgan fingerprint density at radius 3 is 2.61 bits per heavy atom. The molecular weight excluding hydrogens is 421 g/mol. The molecule has 4 rings (SSSR count). The number of amides is 1. The highest BCUT2D eigenvalue weighted by Gasteiger charge is 2.29. The van der Waals surface area contributed by atoms with E-state index in [1.807, 2.05) is 49.1 Å². The van der Waals surface area contributed by atoms with Gasteiger partial charge in [-0.3, -0.25) is 4.79 Å². The Morgan fingerprint density at radius 1 is 1.21 bits per heavy atom. The molecule has 0 spiro atoms. The summed E-state index contributed by atoms with van der Waals surface area (Å²) in [5, 5.41) is 4.70. The average Bonchev–Trinajstić information content (AvgIpc) is 3.43. The van der Waals surface area contributed by atoms with Crippen LogP contribution in [-0.4, -0.2) is 39.8 Å². The third-order valence-electron chi connectivity index (χ3n) is 5.78. The van der Waals surface area contributed by atoms with Crippen LogP contribution in [0.25, 0.3) is 11.3 Å². The van der Waals surface area contributed by atoms with Gasteiger partial charge in [0.2, 0.25) is 11.8 Å². The van der Waals surface area contributed by atoms with Gasteiger partial charge in [-0.25, -0.2) is 9.07 Å².